The number of amides is 2. The lowest BCUT2D eigenvalue weighted by Gasteiger charge is -2.14. The SMILES string of the molecule is C=CCN1C(=O)S/C(=C/c2cc(I)c(OCc3cccc(C(=O)O)c3)c(OC)c2)C1=O. The monoisotopic (exact) mass is 551 g/mol. The number of nitrogens with zero attached hydrogens (tertiary/aromatic N) is 1. The van der Waals surface area contributed by atoms with Crippen LogP contribution in [0, 0.1) is 3.57 Å². The molecule has 0 aliphatic carbocycles. The maximum Gasteiger partial charge on any atom is 0.335 e. The molecule has 0 radical (unpaired) electrons. The van der Waals surface area contributed by atoms with Crippen LogP contribution in [0.1, 0.15) is 21.5 Å². The second-order valence-electron chi connectivity index (χ2n) is 6.41. The van der Waals surface area contributed by atoms with Gasteiger partial charge < -0.3 is 14.6 Å². The molecule has 2 aromatic rings. The maximum absolute atomic E-state index is 12.4. The summed E-state index contributed by atoms with van der Waals surface area (Å²) in [5, 5.41) is 8.80. The van der Waals surface area contributed by atoms with E-state index in [1.807, 2.05) is 6.07 Å². The highest BCUT2D eigenvalue weighted by molar-refractivity contribution is 14.1. The minimum atomic E-state index is -1.00. The minimum absolute atomic E-state index is 0.160. The predicted octanol–water partition coefficient (Wildman–Crippen LogP) is 4.80. The van der Waals surface area contributed by atoms with Gasteiger partial charge in [-0.05, 0) is 75.8 Å². The van der Waals surface area contributed by atoms with E-state index < -0.39 is 5.97 Å². The van der Waals surface area contributed by atoms with Crippen molar-refractivity contribution in [2.45, 2.75) is 6.61 Å². The fraction of sp³-hybridized carbons (Fsp3) is 0.136. The van der Waals surface area contributed by atoms with Gasteiger partial charge in [0.25, 0.3) is 11.1 Å². The summed E-state index contributed by atoms with van der Waals surface area (Å²) in [6.45, 7) is 3.89. The lowest BCUT2D eigenvalue weighted by atomic mass is 10.1. The number of halogens is 1. The second-order valence-corrected chi connectivity index (χ2v) is 8.56. The maximum atomic E-state index is 12.4. The quantitative estimate of drug-likeness (QED) is 0.286. The Hall–Kier alpha value is -2.79. The van der Waals surface area contributed by atoms with Crippen LogP contribution in [0.4, 0.5) is 4.79 Å². The summed E-state index contributed by atoms with van der Waals surface area (Å²) in [6, 6.07) is 10.0. The van der Waals surface area contributed by atoms with E-state index in [0.717, 1.165) is 20.2 Å². The number of hydrogen-bond donors (Lipinski definition) is 1. The molecule has 0 unspecified atom stereocenters. The van der Waals surface area contributed by atoms with Crippen molar-refractivity contribution in [3.63, 3.8) is 0 Å². The van der Waals surface area contributed by atoms with Gasteiger partial charge in [-0.2, -0.15) is 0 Å². The van der Waals surface area contributed by atoms with Gasteiger partial charge in [0.2, 0.25) is 0 Å². The van der Waals surface area contributed by atoms with Crippen molar-refractivity contribution < 1.29 is 29.0 Å². The Kier molecular flexibility index (Phi) is 7.39. The first kappa shape index (κ1) is 22.9. The average molecular weight is 551 g/mol. The number of benzene rings is 2. The van der Waals surface area contributed by atoms with Gasteiger partial charge in [0.15, 0.2) is 11.5 Å². The first-order valence-electron chi connectivity index (χ1n) is 9.03. The first-order valence-corrected chi connectivity index (χ1v) is 10.9. The third-order valence-corrected chi connectivity index (χ3v) is 6.00. The van der Waals surface area contributed by atoms with Gasteiger partial charge >= 0.3 is 5.97 Å². The van der Waals surface area contributed by atoms with Crippen LogP contribution < -0.4 is 9.47 Å². The van der Waals surface area contributed by atoms with E-state index in [1.54, 1.807) is 30.3 Å². The van der Waals surface area contributed by atoms with E-state index in [4.69, 9.17) is 14.6 Å². The van der Waals surface area contributed by atoms with Gasteiger partial charge in [0.1, 0.15) is 6.61 Å². The molecule has 31 heavy (non-hydrogen) atoms. The van der Waals surface area contributed by atoms with E-state index in [0.29, 0.717) is 27.5 Å². The summed E-state index contributed by atoms with van der Waals surface area (Å²) in [7, 11) is 1.51. The number of carboxylic acids is 1. The number of methoxy groups -OCH3 is 1. The topological polar surface area (TPSA) is 93.1 Å². The molecule has 0 aromatic heterocycles. The third-order valence-electron chi connectivity index (χ3n) is 4.29. The Bertz CT molecular complexity index is 1100. The molecule has 2 aromatic carbocycles. The number of thioether (sulfide) groups is 1. The number of carbonyl (C=O) groups excluding carboxylic acids is 2. The van der Waals surface area contributed by atoms with Crippen LogP contribution in [0.2, 0.25) is 0 Å². The smallest absolute Gasteiger partial charge is 0.335 e. The number of carbonyl (C=O) groups is 3. The van der Waals surface area contributed by atoms with Crippen LogP contribution in [0.3, 0.4) is 0 Å². The van der Waals surface area contributed by atoms with Crippen molar-refractivity contribution in [3.8, 4) is 11.5 Å². The van der Waals surface area contributed by atoms with Crippen molar-refractivity contribution in [1.82, 2.24) is 4.90 Å². The van der Waals surface area contributed by atoms with E-state index in [9.17, 15) is 14.4 Å². The van der Waals surface area contributed by atoms with Gasteiger partial charge in [0.05, 0.1) is 21.1 Å². The lowest BCUT2D eigenvalue weighted by Crippen LogP contribution is -2.27. The molecule has 0 spiro atoms. The van der Waals surface area contributed by atoms with Crippen molar-refractivity contribution >= 4 is 57.5 Å². The summed E-state index contributed by atoms with van der Waals surface area (Å²) >= 11 is 2.98. The average Bonchev–Trinajstić information content (AvgIpc) is 3.00. The van der Waals surface area contributed by atoms with Crippen LogP contribution >= 0.6 is 34.4 Å². The Morgan fingerprint density at radius 1 is 1.29 bits per heavy atom. The zero-order chi connectivity index (χ0) is 22.5. The van der Waals surface area contributed by atoms with E-state index in [-0.39, 0.29) is 29.9 Å². The summed E-state index contributed by atoms with van der Waals surface area (Å²) in [5.41, 5.74) is 1.58. The van der Waals surface area contributed by atoms with Gasteiger partial charge in [-0.3, -0.25) is 14.5 Å². The molecule has 1 aliphatic rings. The molecule has 0 saturated carbocycles. The molecular weight excluding hydrogens is 533 g/mol. The number of ether oxygens (including phenoxy) is 2. The van der Waals surface area contributed by atoms with Crippen molar-refractivity contribution in [3.05, 3.63) is 74.2 Å². The lowest BCUT2D eigenvalue weighted by molar-refractivity contribution is -0.122. The van der Waals surface area contributed by atoms with Crippen molar-refractivity contribution in [2.75, 3.05) is 13.7 Å². The van der Waals surface area contributed by atoms with E-state index in [2.05, 4.69) is 29.2 Å². The summed E-state index contributed by atoms with van der Waals surface area (Å²) in [5.74, 6) is -0.406. The largest absolute Gasteiger partial charge is 0.493 e. The Morgan fingerprint density at radius 2 is 2.06 bits per heavy atom. The van der Waals surface area contributed by atoms with Crippen LogP contribution in [-0.4, -0.2) is 40.8 Å². The van der Waals surface area contributed by atoms with Crippen molar-refractivity contribution in [1.29, 1.82) is 0 Å². The zero-order valence-electron chi connectivity index (χ0n) is 16.5. The van der Waals surface area contributed by atoms with Gasteiger partial charge in [-0.25, -0.2) is 4.79 Å². The first-order chi connectivity index (χ1) is 14.8. The molecule has 0 bridgehead atoms. The molecular formula is C22H18INO6S. The molecule has 3 rings (SSSR count). The highest BCUT2D eigenvalue weighted by Crippen LogP contribution is 2.37. The molecule has 1 aliphatic heterocycles. The zero-order valence-corrected chi connectivity index (χ0v) is 19.4. The normalized spacial score (nSPS) is 14.8. The Morgan fingerprint density at radius 3 is 2.74 bits per heavy atom. The fourth-order valence-electron chi connectivity index (χ4n) is 2.85. The molecule has 7 nitrogen and oxygen atoms in total. The van der Waals surface area contributed by atoms with Crippen LogP contribution in [-0.2, 0) is 11.4 Å². The van der Waals surface area contributed by atoms with Crippen LogP contribution in [0.25, 0.3) is 6.08 Å². The van der Waals surface area contributed by atoms with Crippen LogP contribution in [0.5, 0.6) is 11.5 Å². The molecule has 2 amide bonds. The second kappa shape index (κ2) is 10.0. The molecule has 1 fully saturated rings. The summed E-state index contributed by atoms with van der Waals surface area (Å²) < 4.78 is 12.1. The van der Waals surface area contributed by atoms with E-state index in [1.165, 1.54) is 19.3 Å². The molecule has 1 N–H and O–H groups in total. The molecule has 1 saturated heterocycles. The van der Waals surface area contributed by atoms with Gasteiger partial charge in [0, 0.05) is 6.54 Å². The number of imide groups is 1. The highest BCUT2D eigenvalue weighted by atomic mass is 127. The van der Waals surface area contributed by atoms with Crippen molar-refractivity contribution in [2.24, 2.45) is 0 Å². The van der Waals surface area contributed by atoms with Crippen LogP contribution in [0.15, 0.2) is 54.0 Å². The predicted molar refractivity (Wildman–Crippen MR) is 126 cm³/mol. The Balaban J connectivity index is 1.83. The third kappa shape index (κ3) is 5.28. The minimum Gasteiger partial charge on any atom is -0.493 e. The number of hydrogen-bond acceptors (Lipinski definition) is 6. The molecule has 9 heteroatoms. The molecule has 160 valence electrons. The van der Waals surface area contributed by atoms with E-state index >= 15 is 0 Å². The number of rotatable bonds is 8. The van der Waals surface area contributed by atoms with Gasteiger partial charge in [-0.15, -0.1) is 6.58 Å². The molecule has 1 heterocycles. The number of carboxylic acid groups (broad SMARTS) is 1. The summed E-state index contributed by atoms with van der Waals surface area (Å²) in [4.78, 5) is 37.0. The highest BCUT2D eigenvalue weighted by Gasteiger charge is 2.34. The molecule has 0 atom stereocenters. The fourth-order valence-corrected chi connectivity index (χ4v) is 4.48. The standard InChI is InChI=1S/C22H18INO6S/c1-3-7-24-20(25)18(31-22(24)28)11-14-9-16(23)19(17(10-14)29-2)30-12-13-5-4-6-15(8-13)21(26)27/h3-6,8-11H,1,7,12H2,2H3,(H,26,27)/b18-11+. The number of aromatic carboxylic acids is 1. The Labute approximate surface area is 196 Å². The summed E-state index contributed by atoms with van der Waals surface area (Å²) in [6.07, 6.45) is 3.14. The van der Waals surface area contributed by atoms with Gasteiger partial charge in [-0.1, -0.05) is 18.2 Å².